The zero-order chi connectivity index (χ0) is 22.6. The minimum Gasteiger partial charge on any atom is -0.296 e. The number of nitrogens with one attached hydrogen (secondary N) is 1. The van der Waals surface area contributed by atoms with E-state index in [-0.39, 0.29) is 5.91 Å². The molecule has 0 unspecified atom stereocenters. The molecule has 3 fully saturated rings. The number of hydrogen-bond acceptors (Lipinski definition) is 6. The monoisotopic (exact) mass is 482 g/mol. The highest BCUT2D eigenvalue weighted by Crippen LogP contribution is 2.39. The molecule has 5 rings (SSSR count). The SMILES string of the molecule is CCc1sc(NC(=O)C(=NN2CCCC2)c2ccc(SC3CC3)cc2)nc1CCC1CCC1. The molecule has 33 heavy (non-hydrogen) atoms. The number of rotatable bonds is 10. The lowest BCUT2D eigenvalue weighted by atomic mass is 9.82. The van der Waals surface area contributed by atoms with Gasteiger partial charge in [0.1, 0.15) is 0 Å². The average molecular weight is 483 g/mol. The van der Waals surface area contributed by atoms with E-state index in [1.165, 1.54) is 54.0 Å². The predicted octanol–water partition coefficient (Wildman–Crippen LogP) is 6.13. The van der Waals surface area contributed by atoms with Crippen molar-refractivity contribution in [2.75, 3.05) is 18.4 Å². The third kappa shape index (κ3) is 5.99. The van der Waals surface area contributed by atoms with E-state index in [2.05, 4.69) is 24.4 Å². The second-order valence-corrected chi connectivity index (χ2v) is 11.9. The Morgan fingerprint density at radius 3 is 2.55 bits per heavy atom. The lowest BCUT2D eigenvalue weighted by Crippen LogP contribution is -2.27. The Morgan fingerprint density at radius 1 is 1.15 bits per heavy atom. The molecule has 1 aromatic carbocycles. The van der Waals surface area contributed by atoms with E-state index in [1.807, 2.05) is 28.9 Å². The maximum Gasteiger partial charge on any atom is 0.278 e. The molecular weight excluding hydrogens is 448 g/mol. The van der Waals surface area contributed by atoms with Crippen LogP contribution < -0.4 is 5.32 Å². The first-order chi connectivity index (χ1) is 16.2. The van der Waals surface area contributed by atoms with Crippen molar-refractivity contribution in [3.63, 3.8) is 0 Å². The van der Waals surface area contributed by atoms with Crippen LogP contribution in [0.2, 0.25) is 0 Å². The molecule has 1 saturated heterocycles. The highest BCUT2D eigenvalue weighted by molar-refractivity contribution is 8.00. The number of anilines is 1. The van der Waals surface area contributed by atoms with Crippen LogP contribution in [0.5, 0.6) is 0 Å². The van der Waals surface area contributed by atoms with E-state index in [4.69, 9.17) is 10.1 Å². The predicted molar refractivity (Wildman–Crippen MR) is 138 cm³/mol. The first kappa shape index (κ1) is 22.9. The fourth-order valence-corrected chi connectivity index (χ4v) is 6.43. The minimum absolute atomic E-state index is 0.161. The van der Waals surface area contributed by atoms with Crippen LogP contribution in [0.1, 0.15) is 74.4 Å². The first-order valence-electron chi connectivity index (χ1n) is 12.6. The van der Waals surface area contributed by atoms with Gasteiger partial charge in [-0.1, -0.05) is 38.3 Å². The van der Waals surface area contributed by atoms with E-state index >= 15 is 0 Å². The Balaban J connectivity index is 1.31. The summed E-state index contributed by atoms with van der Waals surface area (Å²) in [7, 11) is 0. The fourth-order valence-electron chi connectivity index (χ4n) is 4.43. The molecular formula is C26H34N4OS2. The Bertz CT molecular complexity index is 986. The van der Waals surface area contributed by atoms with Crippen molar-refractivity contribution in [1.82, 2.24) is 9.99 Å². The Kier molecular flexibility index (Phi) is 7.36. The maximum absolute atomic E-state index is 13.4. The number of aryl methyl sites for hydroxylation is 2. The molecule has 5 nitrogen and oxygen atoms in total. The summed E-state index contributed by atoms with van der Waals surface area (Å²) >= 11 is 3.56. The number of carbonyl (C=O) groups is 1. The van der Waals surface area contributed by atoms with Crippen molar-refractivity contribution in [2.45, 2.75) is 81.3 Å². The van der Waals surface area contributed by atoms with Crippen LogP contribution in [-0.2, 0) is 17.6 Å². The van der Waals surface area contributed by atoms with E-state index in [0.29, 0.717) is 10.8 Å². The summed E-state index contributed by atoms with van der Waals surface area (Å²) in [6, 6.07) is 8.34. The van der Waals surface area contributed by atoms with Gasteiger partial charge in [0.25, 0.3) is 5.91 Å². The molecule has 2 aromatic rings. The van der Waals surface area contributed by atoms with Gasteiger partial charge in [-0.3, -0.25) is 15.1 Å². The van der Waals surface area contributed by atoms with Gasteiger partial charge in [-0.25, -0.2) is 4.98 Å². The van der Waals surface area contributed by atoms with Crippen LogP contribution in [0.15, 0.2) is 34.3 Å². The number of hydrazone groups is 1. The Labute approximate surface area is 205 Å². The van der Waals surface area contributed by atoms with Crippen molar-refractivity contribution in [3.8, 4) is 0 Å². The largest absolute Gasteiger partial charge is 0.296 e. The molecule has 0 radical (unpaired) electrons. The topological polar surface area (TPSA) is 57.6 Å². The van der Waals surface area contributed by atoms with Crippen molar-refractivity contribution < 1.29 is 4.79 Å². The smallest absolute Gasteiger partial charge is 0.278 e. The van der Waals surface area contributed by atoms with Crippen molar-refractivity contribution >= 4 is 39.8 Å². The zero-order valence-electron chi connectivity index (χ0n) is 19.5. The quantitative estimate of drug-likeness (QED) is 0.414. The molecule has 1 aliphatic heterocycles. The molecule has 2 heterocycles. The number of benzene rings is 1. The van der Waals surface area contributed by atoms with Crippen LogP contribution in [0, 0.1) is 5.92 Å². The molecule has 0 spiro atoms. The highest BCUT2D eigenvalue weighted by Gasteiger charge is 2.24. The normalized spacial score (nSPS) is 19.1. The molecule has 7 heteroatoms. The summed E-state index contributed by atoms with van der Waals surface area (Å²) < 4.78 is 0. The van der Waals surface area contributed by atoms with Gasteiger partial charge >= 0.3 is 0 Å². The van der Waals surface area contributed by atoms with Gasteiger partial charge in [0, 0.05) is 33.7 Å². The molecule has 1 N–H and O–H groups in total. The third-order valence-corrected chi connectivity index (χ3v) is 9.33. The standard InChI is InChI=1S/C26H34N4OS2/c1-2-23-22(15-8-18-6-5-7-18)27-26(33-23)28-25(31)24(29-30-16-3-4-17-30)19-9-11-20(12-10-19)32-21-13-14-21/h9-12,18,21H,2-8,13-17H2,1H3,(H,27,28,31). The minimum atomic E-state index is -0.161. The second kappa shape index (κ2) is 10.6. The Hall–Kier alpha value is -1.86. The van der Waals surface area contributed by atoms with E-state index < -0.39 is 0 Å². The molecule has 2 saturated carbocycles. The number of carbonyl (C=O) groups excluding carboxylic acids is 1. The number of hydrogen-bond donors (Lipinski definition) is 1. The van der Waals surface area contributed by atoms with Gasteiger partial charge in [-0.15, -0.1) is 23.1 Å². The lowest BCUT2D eigenvalue weighted by molar-refractivity contribution is -0.110. The lowest BCUT2D eigenvalue weighted by Gasteiger charge is -2.24. The number of nitrogens with zero attached hydrogens (tertiary/aromatic N) is 3. The summed E-state index contributed by atoms with van der Waals surface area (Å²) in [5.74, 6) is 0.709. The van der Waals surface area contributed by atoms with Crippen LogP contribution in [-0.4, -0.2) is 40.0 Å². The molecule has 3 aliphatic rings. The molecule has 2 aliphatic carbocycles. The summed E-state index contributed by atoms with van der Waals surface area (Å²) in [4.78, 5) is 20.8. The van der Waals surface area contributed by atoms with Crippen molar-refractivity contribution in [1.29, 1.82) is 0 Å². The van der Waals surface area contributed by atoms with E-state index in [1.54, 1.807) is 11.3 Å². The van der Waals surface area contributed by atoms with Crippen LogP contribution in [0.3, 0.4) is 0 Å². The summed E-state index contributed by atoms with van der Waals surface area (Å²) in [5, 5.41) is 11.4. The summed E-state index contributed by atoms with van der Waals surface area (Å²) in [5.41, 5.74) is 2.53. The first-order valence-corrected chi connectivity index (χ1v) is 14.3. The van der Waals surface area contributed by atoms with Gasteiger partial charge in [-0.2, -0.15) is 5.10 Å². The van der Waals surface area contributed by atoms with Gasteiger partial charge in [-0.05, 0) is 63.0 Å². The third-order valence-electron chi connectivity index (χ3n) is 6.83. The second-order valence-electron chi connectivity index (χ2n) is 9.48. The molecule has 0 atom stereocenters. The maximum atomic E-state index is 13.4. The summed E-state index contributed by atoms with van der Waals surface area (Å²) in [6.45, 7) is 4.00. The van der Waals surface area contributed by atoms with Gasteiger partial charge < -0.3 is 0 Å². The number of thioether (sulfide) groups is 1. The van der Waals surface area contributed by atoms with Crippen LogP contribution in [0.4, 0.5) is 5.13 Å². The van der Waals surface area contributed by atoms with Crippen molar-refractivity contribution in [2.24, 2.45) is 11.0 Å². The van der Waals surface area contributed by atoms with E-state index in [9.17, 15) is 4.79 Å². The van der Waals surface area contributed by atoms with Gasteiger partial charge in [0.05, 0.1) is 5.69 Å². The van der Waals surface area contributed by atoms with Crippen LogP contribution in [0.25, 0.3) is 0 Å². The fraction of sp³-hybridized carbons (Fsp3) is 0.577. The summed E-state index contributed by atoms with van der Waals surface area (Å²) in [6.07, 6.45) is 12.2. The van der Waals surface area contributed by atoms with Crippen LogP contribution >= 0.6 is 23.1 Å². The molecule has 1 aromatic heterocycles. The number of amides is 1. The molecule has 1 amide bonds. The molecule has 176 valence electrons. The van der Waals surface area contributed by atoms with Crippen molar-refractivity contribution in [3.05, 3.63) is 40.4 Å². The van der Waals surface area contributed by atoms with Gasteiger partial charge in [0.2, 0.25) is 0 Å². The zero-order valence-corrected chi connectivity index (χ0v) is 21.1. The van der Waals surface area contributed by atoms with E-state index in [0.717, 1.165) is 55.5 Å². The average Bonchev–Trinajstić information content (AvgIpc) is 3.29. The molecule has 0 bridgehead atoms. The highest BCUT2D eigenvalue weighted by atomic mass is 32.2. The number of aromatic nitrogens is 1. The van der Waals surface area contributed by atoms with Gasteiger partial charge in [0.15, 0.2) is 10.8 Å². The Morgan fingerprint density at radius 2 is 1.91 bits per heavy atom. The number of thiazole rings is 1.